The van der Waals surface area contributed by atoms with Gasteiger partial charge in [-0.15, -0.1) is 0 Å². The minimum Gasteiger partial charge on any atom is -0.354 e. The number of fused-ring (bicyclic) bond motifs is 8. The molecule has 5 heteroatoms. The number of nitrogens with one attached hydrogen (secondary N) is 2. The van der Waals surface area contributed by atoms with Gasteiger partial charge in [0, 0.05) is 44.3 Å². The van der Waals surface area contributed by atoms with Gasteiger partial charge in [-0.2, -0.15) is 0 Å². The van der Waals surface area contributed by atoms with Crippen molar-refractivity contribution in [3.8, 4) is 44.5 Å². The molecular weight excluding hydrogens is 609 g/mol. The molecule has 0 unspecified atom stereocenters. The zero-order valence-electron chi connectivity index (χ0n) is 26.8. The summed E-state index contributed by atoms with van der Waals surface area (Å²) in [7, 11) is 0. The minimum absolute atomic E-state index is 0. The summed E-state index contributed by atoms with van der Waals surface area (Å²) in [6, 6.07) is 50.7. The average molecular weight is 639 g/mol. The maximum Gasteiger partial charge on any atom is 2.00 e. The Kier molecular flexibility index (Phi) is 8.13. The van der Waals surface area contributed by atoms with E-state index in [-0.39, 0.29) is 23.1 Å². The van der Waals surface area contributed by atoms with E-state index in [0.717, 1.165) is 89.4 Å². The van der Waals surface area contributed by atoms with Gasteiger partial charge in [0.05, 0.1) is 22.8 Å². The van der Waals surface area contributed by atoms with Gasteiger partial charge in [0.15, 0.2) is 0 Å². The molecule has 9 rings (SSSR count). The fourth-order valence-electron chi connectivity index (χ4n) is 6.84. The molecule has 226 valence electrons. The van der Waals surface area contributed by atoms with E-state index in [9.17, 15) is 0 Å². The van der Waals surface area contributed by atoms with Crippen LogP contribution in [0.15, 0.2) is 146 Å². The molecule has 3 aromatic heterocycles. The Bertz CT molecular complexity index is 2180. The van der Waals surface area contributed by atoms with Gasteiger partial charge >= 0.3 is 23.1 Å². The Morgan fingerprint density at radius 3 is 0.735 bits per heavy atom. The topological polar surface area (TPSA) is 57.4 Å². The molecule has 2 aliphatic rings. The second-order valence-corrected chi connectivity index (χ2v) is 12.0. The van der Waals surface area contributed by atoms with Crippen molar-refractivity contribution in [2.45, 2.75) is 0 Å². The van der Waals surface area contributed by atoms with Crippen LogP contribution in [0.2, 0.25) is 0 Å². The van der Waals surface area contributed by atoms with Crippen LogP contribution in [0.4, 0.5) is 0 Å². The normalized spacial score (nSPS) is 11.8. The van der Waals surface area contributed by atoms with E-state index in [2.05, 4.69) is 156 Å². The standard InChI is InChI=1S/C44H30N4.Mg/c1-5-13-29(14-6-1)41-33-21-23-35(45-33)42(30-15-7-2-8-16-30)37-25-27-39(47-37)44(32-19-11-4-12-20-32)40-28-26-38(48-40)43(31-17-9-3-10-18-31)36-24-22-34(41)46-36;/h1-28,45,48H;/q;+2. The van der Waals surface area contributed by atoms with Crippen LogP contribution in [0.5, 0.6) is 0 Å². The van der Waals surface area contributed by atoms with Crippen molar-refractivity contribution < 1.29 is 0 Å². The fraction of sp³-hybridized carbons (Fsp3) is 0. The monoisotopic (exact) mass is 638 g/mol. The molecule has 0 spiro atoms. The van der Waals surface area contributed by atoms with Gasteiger partial charge < -0.3 is 9.97 Å². The zero-order valence-corrected chi connectivity index (χ0v) is 28.2. The molecule has 0 radical (unpaired) electrons. The third-order valence-corrected chi connectivity index (χ3v) is 9.00. The number of H-pyrrole nitrogens is 2. The fourth-order valence-corrected chi connectivity index (χ4v) is 6.84. The number of rotatable bonds is 4. The van der Waals surface area contributed by atoms with Crippen molar-refractivity contribution in [3.63, 3.8) is 0 Å². The minimum atomic E-state index is 0. The van der Waals surface area contributed by atoms with Gasteiger partial charge in [-0.1, -0.05) is 121 Å². The van der Waals surface area contributed by atoms with E-state index >= 15 is 0 Å². The van der Waals surface area contributed by atoms with Crippen molar-refractivity contribution in [2.75, 3.05) is 0 Å². The van der Waals surface area contributed by atoms with Crippen molar-refractivity contribution in [3.05, 3.63) is 168 Å². The second-order valence-electron chi connectivity index (χ2n) is 12.0. The third-order valence-electron chi connectivity index (χ3n) is 9.00. The van der Waals surface area contributed by atoms with Gasteiger partial charge in [-0.3, -0.25) is 0 Å². The predicted molar refractivity (Wildman–Crippen MR) is 206 cm³/mol. The van der Waals surface area contributed by atoms with Crippen LogP contribution >= 0.6 is 0 Å². The summed E-state index contributed by atoms with van der Waals surface area (Å²) in [6.07, 6.45) is 8.54. The molecule has 0 amide bonds. The molecule has 0 fully saturated rings. The Hall–Kier alpha value is -5.75. The first-order chi connectivity index (χ1) is 23.8. The molecule has 49 heavy (non-hydrogen) atoms. The maximum absolute atomic E-state index is 5.35. The predicted octanol–water partition coefficient (Wildman–Crippen LogP) is 10.9. The molecule has 0 aliphatic carbocycles. The van der Waals surface area contributed by atoms with E-state index in [0.29, 0.717) is 0 Å². The number of aromatic amines is 2. The Morgan fingerprint density at radius 2 is 0.510 bits per heavy atom. The van der Waals surface area contributed by atoms with Gasteiger partial charge in [0.25, 0.3) is 0 Å². The number of hydrogen-bond donors (Lipinski definition) is 2. The van der Waals surface area contributed by atoms with E-state index in [1.165, 1.54) is 0 Å². The molecule has 2 aliphatic heterocycles. The summed E-state index contributed by atoms with van der Waals surface area (Å²) in [5, 5.41) is 0. The van der Waals surface area contributed by atoms with Crippen molar-refractivity contribution in [2.24, 2.45) is 0 Å². The summed E-state index contributed by atoms with van der Waals surface area (Å²) in [5.74, 6) is 0. The molecule has 0 atom stereocenters. The van der Waals surface area contributed by atoms with Gasteiger partial charge in [-0.25, -0.2) is 9.97 Å². The quantitative estimate of drug-likeness (QED) is 0.188. The third kappa shape index (κ3) is 5.63. The molecule has 4 aromatic carbocycles. The van der Waals surface area contributed by atoms with E-state index in [1.807, 2.05) is 24.3 Å². The molecule has 4 nitrogen and oxygen atoms in total. The molecule has 5 heterocycles. The van der Waals surface area contributed by atoms with Crippen LogP contribution in [0.3, 0.4) is 0 Å². The Labute approximate surface area is 300 Å². The Morgan fingerprint density at radius 1 is 0.286 bits per heavy atom. The number of benzene rings is 4. The van der Waals surface area contributed by atoms with E-state index in [1.54, 1.807) is 0 Å². The van der Waals surface area contributed by atoms with E-state index in [4.69, 9.17) is 9.97 Å². The molecular formula is C44H30MgN4+2. The largest absolute Gasteiger partial charge is 2.00 e. The summed E-state index contributed by atoms with van der Waals surface area (Å²) < 4.78 is 0. The number of hydrogen-bond acceptors (Lipinski definition) is 2. The first-order valence-electron chi connectivity index (χ1n) is 16.2. The van der Waals surface area contributed by atoms with Crippen molar-refractivity contribution in [1.82, 2.24) is 19.9 Å². The van der Waals surface area contributed by atoms with Gasteiger partial charge in [-0.05, 0) is 70.8 Å². The van der Waals surface area contributed by atoms with Gasteiger partial charge in [0.1, 0.15) is 0 Å². The Balaban J connectivity index is 0.00000348. The van der Waals surface area contributed by atoms with Gasteiger partial charge in [0.2, 0.25) is 0 Å². The van der Waals surface area contributed by atoms with Crippen LogP contribution in [-0.2, 0) is 0 Å². The first-order valence-corrected chi connectivity index (χ1v) is 16.2. The summed E-state index contributed by atoms with van der Waals surface area (Å²) in [4.78, 5) is 18.3. The summed E-state index contributed by atoms with van der Waals surface area (Å²) >= 11 is 0. The molecule has 0 saturated carbocycles. The maximum atomic E-state index is 5.35. The molecule has 0 saturated heterocycles. The molecule has 2 N–H and O–H groups in total. The summed E-state index contributed by atoms with van der Waals surface area (Å²) in [5.41, 5.74) is 16.2. The van der Waals surface area contributed by atoms with Crippen molar-refractivity contribution in [1.29, 1.82) is 0 Å². The summed E-state index contributed by atoms with van der Waals surface area (Å²) in [6.45, 7) is 0. The second kappa shape index (κ2) is 13.0. The van der Waals surface area contributed by atoms with Crippen LogP contribution < -0.4 is 0 Å². The number of aromatic nitrogens is 4. The molecule has 8 bridgehead atoms. The zero-order chi connectivity index (χ0) is 31.9. The number of nitrogens with zero attached hydrogens (tertiary/aromatic N) is 2. The average Bonchev–Trinajstić information content (AvgIpc) is 3.98. The smallest absolute Gasteiger partial charge is 0.354 e. The van der Waals surface area contributed by atoms with Crippen LogP contribution in [0, 0.1) is 0 Å². The van der Waals surface area contributed by atoms with Crippen LogP contribution in [0.1, 0.15) is 22.8 Å². The SMILES string of the molecule is C1=Cc2nc1c(-c1ccccc1)c1ccc([nH]1)c(-c1ccccc1)c1nc(c(-c3ccccc3)c3ccc([nH]3)c2-c2ccccc2)C=C1.[Mg+2]. The van der Waals surface area contributed by atoms with Crippen LogP contribution in [-0.4, -0.2) is 43.0 Å². The van der Waals surface area contributed by atoms with E-state index < -0.39 is 0 Å². The molecule has 7 aromatic rings. The van der Waals surface area contributed by atoms with Crippen LogP contribution in [0.25, 0.3) is 90.9 Å². The van der Waals surface area contributed by atoms with Crippen molar-refractivity contribution >= 4 is 69.4 Å². The first kappa shape index (κ1) is 30.6.